The first-order valence-electron chi connectivity index (χ1n) is 5.10. The van der Waals surface area contributed by atoms with Crippen molar-refractivity contribution >= 4 is 0 Å². The second-order valence-corrected chi connectivity index (χ2v) is 3.85. The van der Waals surface area contributed by atoms with Crippen molar-refractivity contribution in [2.45, 2.75) is 33.1 Å². The molecule has 0 aliphatic rings. The average Bonchev–Trinajstić information content (AvgIpc) is 2.18. The molecule has 0 aliphatic heterocycles. The minimum Gasteiger partial charge on any atom is -0.396 e. The van der Waals surface area contributed by atoms with Gasteiger partial charge in [-0.3, -0.25) is 0 Å². The van der Waals surface area contributed by atoms with E-state index < -0.39 is 0 Å². The van der Waals surface area contributed by atoms with E-state index in [0.29, 0.717) is 5.92 Å². The van der Waals surface area contributed by atoms with Gasteiger partial charge in [-0.15, -0.1) is 0 Å². The molecule has 0 bridgehead atoms. The number of hydrogen-bond donors (Lipinski definition) is 1. The maximum atomic E-state index is 8.69. The average molecular weight is 194 g/mol. The Kier molecular flexibility index (Phi) is 4.53. The van der Waals surface area contributed by atoms with E-state index in [1.807, 2.05) is 19.3 Å². The summed E-state index contributed by atoms with van der Waals surface area (Å²) in [6, 6.07) is 0. The van der Waals surface area contributed by atoms with Crippen LogP contribution in [0.2, 0.25) is 0 Å². The van der Waals surface area contributed by atoms with Gasteiger partial charge in [-0.05, 0) is 31.2 Å². The molecule has 0 unspecified atom stereocenters. The molecule has 0 aliphatic carbocycles. The van der Waals surface area contributed by atoms with Crippen molar-refractivity contribution in [1.82, 2.24) is 9.97 Å². The van der Waals surface area contributed by atoms with Crippen LogP contribution in [0.3, 0.4) is 0 Å². The summed E-state index contributed by atoms with van der Waals surface area (Å²) in [7, 11) is 0. The lowest BCUT2D eigenvalue weighted by molar-refractivity contribution is 0.273. The zero-order valence-corrected chi connectivity index (χ0v) is 8.90. The van der Waals surface area contributed by atoms with Crippen molar-refractivity contribution < 1.29 is 5.11 Å². The zero-order chi connectivity index (χ0) is 10.4. The van der Waals surface area contributed by atoms with Crippen molar-refractivity contribution in [3.63, 3.8) is 0 Å². The minimum absolute atomic E-state index is 0.277. The Morgan fingerprint density at radius 3 is 2.57 bits per heavy atom. The van der Waals surface area contributed by atoms with Crippen LogP contribution < -0.4 is 0 Å². The second-order valence-electron chi connectivity index (χ2n) is 3.85. The van der Waals surface area contributed by atoms with E-state index in [1.165, 1.54) is 0 Å². The molecular formula is C11H18N2O. The first kappa shape index (κ1) is 11.1. The highest BCUT2D eigenvalue weighted by atomic mass is 16.2. The Bertz CT molecular complexity index is 258. The molecule has 0 spiro atoms. The van der Waals surface area contributed by atoms with Gasteiger partial charge in [0.2, 0.25) is 0 Å². The standard InChI is InChI=1S/C11H18N2O/c1-9(4-3-5-14)6-11-12-7-10(2)8-13-11/h7-9,14H,3-6H2,1-2H3/t9-/m0/s1. The normalized spacial score (nSPS) is 12.8. The Morgan fingerprint density at radius 1 is 1.36 bits per heavy atom. The number of rotatable bonds is 5. The van der Waals surface area contributed by atoms with Crippen LogP contribution in [0.1, 0.15) is 31.2 Å². The fourth-order valence-electron chi connectivity index (χ4n) is 1.38. The van der Waals surface area contributed by atoms with E-state index in [4.69, 9.17) is 5.11 Å². The number of aromatic nitrogens is 2. The van der Waals surface area contributed by atoms with Crippen LogP contribution in [0.4, 0.5) is 0 Å². The van der Waals surface area contributed by atoms with Gasteiger partial charge in [0, 0.05) is 25.4 Å². The van der Waals surface area contributed by atoms with Crippen LogP contribution >= 0.6 is 0 Å². The van der Waals surface area contributed by atoms with E-state index in [1.54, 1.807) is 0 Å². The fraction of sp³-hybridized carbons (Fsp3) is 0.636. The highest BCUT2D eigenvalue weighted by Gasteiger charge is 2.04. The van der Waals surface area contributed by atoms with Crippen molar-refractivity contribution in [2.24, 2.45) is 5.92 Å². The molecule has 3 heteroatoms. The zero-order valence-electron chi connectivity index (χ0n) is 8.90. The highest BCUT2D eigenvalue weighted by molar-refractivity contribution is 5.02. The molecule has 3 nitrogen and oxygen atoms in total. The second kappa shape index (κ2) is 5.70. The van der Waals surface area contributed by atoms with E-state index >= 15 is 0 Å². The minimum atomic E-state index is 0.277. The van der Waals surface area contributed by atoms with Gasteiger partial charge in [0.05, 0.1) is 0 Å². The number of nitrogens with zero attached hydrogens (tertiary/aromatic N) is 2. The molecule has 1 aromatic heterocycles. The first-order valence-corrected chi connectivity index (χ1v) is 5.10. The summed E-state index contributed by atoms with van der Waals surface area (Å²) in [5.41, 5.74) is 1.09. The van der Waals surface area contributed by atoms with E-state index in [-0.39, 0.29) is 6.61 Å². The number of hydrogen-bond acceptors (Lipinski definition) is 3. The molecule has 0 saturated heterocycles. The smallest absolute Gasteiger partial charge is 0.128 e. The van der Waals surface area contributed by atoms with Crippen LogP contribution in [0, 0.1) is 12.8 Å². The van der Waals surface area contributed by atoms with Gasteiger partial charge in [0.1, 0.15) is 5.82 Å². The van der Waals surface area contributed by atoms with Crippen LogP contribution in [0.25, 0.3) is 0 Å². The lowest BCUT2D eigenvalue weighted by atomic mass is 10.0. The summed E-state index contributed by atoms with van der Waals surface area (Å²) < 4.78 is 0. The molecule has 0 aromatic carbocycles. The van der Waals surface area contributed by atoms with E-state index in [9.17, 15) is 0 Å². The third-order valence-corrected chi connectivity index (χ3v) is 2.22. The summed E-state index contributed by atoms with van der Waals surface area (Å²) in [4.78, 5) is 8.51. The van der Waals surface area contributed by atoms with Crippen molar-refractivity contribution in [2.75, 3.05) is 6.61 Å². The molecular weight excluding hydrogens is 176 g/mol. The lowest BCUT2D eigenvalue weighted by Gasteiger charge is -2.08. The summed E-state index contributed by atoms with van der Waals surface area (Å²) in [6.45, 7) is 4.43. The topological polar surface area (TPSA) is 46.0 Å². The van der Waals surface area contributed by atoms with Crippen LogP contribution in [0.5, 0.6) is 0 Å². The van der Waals surface area contributed by atoms with Crippen molar-refractivity contribution in [3.05, 3.63) is 23.8 Å². The van der Waals surface area contributed by atoms with E-state index in [2.05, 4.69) is 16.9 Å². The predicted molar refractivity (Wildman–Crippen MR) is 56.0 cm³/mol. The maximum Gasteiger partial charge on any atom is 0.128 e. The molecule has 0 radical (unpaired) electrons. The Labute approximate surface area is 85.2 Å². The van der Waals surface area contributed by atoms with Gasteiger partial charge in [0.15, 0.2) is 0 Å². The van der Waals surface area contributed by atoms with E-state index in [0.717, 1.165) is 30.7 Å². The third kappa shape index (κ3) is 3.83. The molecule has 1 aromatic rings. The van der Waals surface area contributed by atoms with Gasteiger partial charge in [-0.1, -0.05) is 6.92 Å². The van der Waals surface area contributed by atoms with Gasteiger partial charge in [0.25, 0.3) is 0 Å². The molecule has 0 amide bonds. The summed E-state index contributed by atoms with van der Waals surface area (Å²) in [6.07, 6.45) is 6.50. The molecule has 1 N–H and O–H groups in total. The quantitative estimate of drug-likeness (QED) is 0.776. The van der Waals surface area contributed by atoms with Crippen LogP contribution in [-0.4, -0.2) is 21.7 Å². The highest BCUT2D eigenvalue weighted by Crippen LogP contribution is 2.10. The first-order chi connectivity index (χ1) is 6.72. The summed E-state index contributed by atoms with van der Waals surface area (Å²) in [5, 5.41) is 8.69. The van der Waals surface area contributed by atoms with Gasteiger partial charge >= 0.3 is 0 Å². The fourth-order valence-corrected chi connectivity index (χ4v) is 1.38. The van der Waals surface area contributed by atoms with Crippen LogP contribution in [-0.2, 0) is 6.42 Å². The number of aliphatic hydroxyl groups is 1. The maximum absolute atomic E-state index is 8.69. The van der Waals surface area contributed by atoms with Crippen molar-refractivity contribution in [1.29, 1.82) is 0 Å². The Hall–Kier alpha value is -0.960. The van der Waals surface area contributed by atoms with Crippen molar-refractivity contribution in [3.8, 4) is 0 Å². The SMILES string of the molecule is Cc1cnc(C[C@@H](C)CCCO)nc1. The Morgan fingerprint density at radius 2 is 2.00 bits per heavy atom. The largest absolute Gasteiger partial charge is 0.396 e. The van der Waals surface area contributed by atoms with Gasteiger partial charge in [-0.25, -0.2) is 9.97 Å². The summed E-state index contributed by atoms with van der Waals surface area (Å²) >= 11 is 0. The Balaban J connectivity index is 2.39. The number of aryl methyl sites for hydroxylation is 1. The van der Waals surface area contributed by atoms with Crippen LogP contribution in [0.15, 0.2) is 12.4 Å². The third-order valence-electron chi connectivity index (χ3n) is 2.22. The van der Waals surface area contributed by atoms with Gasteiger partial charge < -0.3 is 5.11 Å². The van der Waals surface area contributed by atoms with Gasteiger partial charge in [-0.2, -0.15) is 0 Å². The molecule has 1 heterocycles. The molecule has 78 valence electrons. The molecule has 1 atom stereocenters. The molecule has 14 heavy (non-hydrogen) atoms. The molecule has 0 fully saturated rings. The predicted octanol–water partition coefficient (Wildman–Crippen LogP) is 1.74. The summed E-state index contributed by atoms with van der Waals surface area (Å²) in [5.74, 6) is 1.45. The lowest BCUT2D eigenvalue weighted by Crippen LogP contribution is -2.04. The molecule has 1 rings (SSSR count). The number of aliphatic hydroxyl groups excluding tert-OH is 1. The monoisotopic (exact) mass is 194 g/mol. The molecule has 0 saturated carbocycles.